The number of nitrogens with zero attached hydrogens (tertiary/aromatic N) is 2. The number of aryl methyl sites for hydroxylation is 1. The number of aromatic nitrogens is 2. The van der Waals surface area contributed by atoms with E-state index in [2.05, 4.69) is 15.7 Å². The van der Waals surface area contributed by atoms with Crippen LogP contribution in [-0.4, -0.2) is 27.2 Å². The van der Waals surface area contributed by atoms with Crippen LogP contribution in [0.1, 0.15) is 6.92 Å². The molecular formula is C14H14N4O3. The molecule has 0 spiro atoms. The van der Waals surface area contributed by atoms with Crippen molar-refractivity contribution in [1.29, 1.82) is 0 Å². The van der Waals surface area contributed by atoms with Crippen molar-refractivity contribution in [3.63, 3.8) is 0 Å². The van der Waals surface area contributed by atoms with Gasteiger partial charge in [0.05, 0.1) is 17.6 Å². The Balaban J connectivity index is 1.86. The molecule has 2 aromatic rings. The number of ether oxygens (including phenoxy) is 1. The van der Waals surface area contributed by atoms with E-state index in [1.807, 2.05) is 0 Å². The Bertz CT molecular complexity index is 725. The van der Waals surface area contributed by atoms with E-state index in [1.165, 1.54) is 13.1 Å². The number of benzene rings is 1. The van der Waals surface area contributed by atoms with E-state index in [4.69, 9.17) is 4.74 Å². The average Bonchev–Trinajstić information content (AvgIpc) is 2.85. The maximum Gasteiger partial charge on any atom is 0.278 e. The number of rotatable bonds is 2. The smallest absolute Gasteiger partial charge is 0.278 e. The average molecular weight is 286 g/mol. The van der Waals surface area contributed by atoms with Gasteiger partial charge in [-0.1, -0.05) is 12.1 Å². The minimum absolute atomic E-state index is 0.459. The zero-order chi connectivity index (χ0) is 15.0. The van der Waals surface area contributed by atoms with Crippen LogP contribution in [0.5, 0.6) is 5.75 Å². The summed E-state index contributed by atoms with van der Waals surface area (Å²) in [6.07, 6.45) is 3.13. The summed E-state index contributed by atoms with van der Waals surface area (Å²) in [6.45, 7) is 1.43. The SMILES string of the molecule is Cn1cc(NC(=O)[C@@]2(C)Oc3ccccc3NC2=O)cn1. The maximum absolute atomic E-state index is 12.4. The first-order valence-corrected chi connectivity index (χ1v) is 6.38. The lowest BCUT2D eigenvalue weighted by atomic mass is 10.0. The highest BCUT2D eigenvalue weighted by atomic mass is 16.5. The van der Waals surface area contributed by atoms with Gasteiger partial charge in [-0.3, -0.25) is 14.3 Å². The summed E-state index contributed by atoms with van der Waals surface area (Å²) < 4.78 is 7.17. The minimum Gasteiger partial charge on any atom is -0.466 e. The molecule has 21 heavy (non-hydrogen) atoms. The van der Waals surface area contributed by atoms with E-state index in [0.29, 0.717) is 17.1 Å². The van der Waals surface area contributed by atoms with Crippen molar-refractivity contribution in [2.24, 2.45) is 7.05 Å². The van der Waals surface area contributed by atoms with Crippen LogP contribution in [0.4, 0.5) is 11.4 Å². The van der Waals surface area contributed by atoms with E-state index >= 15 is 0 Å². The number of carbonyl (C=O) groups is 2. The van der Waals surface area contributed by atoms with Gasteiger partial charge >= 0.3 is 0 Å². The van der Waals surface area contributed by atoms with Crippen LogP contribution in [0.3, 0.4) is 0 Å². The Hall–Kier alpha value is -2.83. The maximum atomic E-state index is 12.4. The van der Waals surface area contributed by atoms with Crippen molar-refractivity contribution >= 4 is 23.2 Å². The van der Waals surface area contributed by atoms with Crippen LogP contribution in [0, 0.1) is 0 Å². The highest BCUT2D eigenvalue weighted by Crippen LogP contribution is 2.33. The molecule has 0 saturated heterocycles. The molecule has 1 aliphatic heterocycles. The first kappa shape index (κ1) is 13.2. The van der Waals surface area contributed by atoms with Crippen LogP contribution in [0.25, 0.3) is 0 Å². The van der Waals surface area contributed by atoms with E-state index in [-0.39, 0.29) is 0 Å². The molecule has 2 N–H and O–H groups in total. The molecule has 1 atom stereocenters. The van der Waals surface area contributed by atoms with Gasteiger partial charge in [0, 0.05) is 13.2 Å². The molecule has 7 nitrogen and oxygen atoms in total. The lowest BCUT2D eigenvalue weighted by molar-refractivity contribution is -0.143. The standard InChI is InChI=1S/C14H14N4O3/c1-14(12(19)16-9-7-15-18(2)8-9)13(20)17-10-5-3-4-6-11(10)21-14/h3-8H,1-2H3,(H,16,19)(H,17,20)/t14-/m1/s1. The second kappa shape index (κ2) is 4.62. The van der Waals surface area contributed by atoms with Crippen molar-refractivity contribution < 1.29 is 14.3 Å². The molecule has 2 heterocycles. The molecule has 2 amide bonds. The summed E-state index contributed by atoms with van der Waals surface area (Å²) >= 11 is 0. The molecule has 0 aliphatic carbocycles. The molecule has 1 aromatic carbocycles. The number of nitrogens with one attached hydrogen (secondary N) is 2. The highest BCUT2D eigenvalue weighted by Gasteiger charge is 2.47. The molecule has 7 heteroatoms. The Morgan fingerprint density at radius 2 is 2.19 bits per heavy atom. The monoisotopic (exact) mass is 286 g/mol. The van der Waals surface area contributed by atoms with Gasteiger partial charge in [0.25, 0.3) is 17.4 Å². The second-order valence-electron chi connectivity index (χ2n) is 4.94. The first-order chi connectivity index (χ1) is 9.99. The summed E-state index contributed by atoms with van der Waals surface area (Å²) in [5.74, 6) is -0.606. The molecule has 108 valence electrons. The predicted molar refractivity (Wildman–Crippen MR) is 75.9 cm³/mol. The fraction of sp³-hybridized carbons (Fsp3) is 0.214. The predicted octanol–water partition coefficient (Wildman–Crippen LogP) is 1.15. The lowest BCUT2D eigenvalue weighted by Crippen LogP contribution is -2.56. The Kier molecular flexibility index (Phi) is 2.90. The minimum atomic E-state index is -1.63. The summed E-state index contributed by atoms with van der Waals surface area (Å²) in [4.78, 5) is 24.6. The highest BCUT2D eigenvalue weighted by molar-refractivity contribution is 6.18. The number of anilines is 2. The van der Waals surface area contributed by atoms with Crippen LogP contribution in [0.2, 0.25) is 0 Å². The third-order valence-corrected chi connectivity index (χ3v) is 3.28. The lowest BCUT2D eigenvalue weighted by Gasteiger charge is -2.33. The molecule has 0 saturated carbocycles. The topological polar surface area (TPSA) is 85.3 Å². The second-order valence-corrected chi connectivity index (χ2v) is 4.94. The van der Waals surface area contributed by atoms with Gasteiger partial charge in [0.1, 0.15) is 5.75 Å². The van der Waals surface area contributed by atoms with Crippen LogP contribution < -0.4 is 15.4 Å². The van der Waals surface area contributed by atoms with E-state index in [9.17, 15) is 9.59 Å². The number of hydrogen-bond acceptors (Lipinski definition) is 4. The number of carbonyl (C=O) groups excluding carboxylic acids is 2. The fourth-order valence-electron chi connectivity index (χ4n) is 2.05. The number of hydrogen-bond donors (Lipinski definition) is 2. The van der Waals surface area contributed by atoms with Crippen molar-refractivity contribution in [2.45, 2.75) is 12.5 Å². The zero-order valence-electron chi connectivity index (χ0n) is 11.6. The molecule has 1 aromatic heterocycles. The zero-order valence-corrected chi connectivity index (χ0v) is 11.6. The summed E-state index contributed by atoms with van der Waals surface area (Å²) in [6, 6.07) is 6.97. The molecule has 0 radical (unpaired) electrons. The van der Waals surface area contributed by atoms with E-state index in [0.717, 1.165) is 0 Å². The summed E-state index contributed by atoms with van der Waals surface area (Å²) in [5.41, 5.74) is -0.586. The Morgan fingerprint density at radius 3 is 2.90 bits per heavy atom. The molecule has 3 rings (SSSR count). The normalized spacial score (nSPS) is 20.2. The van der Waals surface area contributed by atoms with Crippen molar-refractivity contribution in [3.05, 3.63) is 36.7 Å². The van der Waals surface area contributed by atoms with Gasteiger partial charge in [-0.2, -0.15) is 5.10 Å². The first-order valence-electron chi connectivity index (χ1n) is 6.38. The Labute approximate surface area is 120 Å². The van der Waals surface area contributed by atoms with Gasteiger partial charge in [0.15, 0.2) is 0 Å². The number of para-hydroxylation sites is 2. The largest absolute Gasteiger partial charge is 0.466 e. The van der Waals surface area contributed by atoms with Crippen molar-refractivity contribution in [1.82, 2.24) is 9.78 Å². The van der Waals surface area contributed by atoms with Gasteiger partial charge in [-0.25, -0.2) is 0 Å². The molecule has 0 fully saturated rings. The molecule has 1 aliphatic rings. The van der Waals surface area contributed by atoms with Crippen molar-refractivity contribution in [3.8, 4) is 5.75 Å². The van der Waals surface area contributed by atoms with Gasteiger partial charge in [0.2, 0.25) is 0 Å². The molecule has 0 bridgehead atoms. The van der Waals surface area contributed by atoms with E-state index in [1.54, 1.807) is 42.2 Å². The van der Waals surface area contributed by atoms with Gasteiger partial charge in [-0.15, -0.1) is 0 Å². The number of amides is 2. The quantitative estimate of drug-likeness (QED) is 0.811. The van der Waals surface area contributed by atoms with Gasteiger partial charge in [-0.05, 0) is 19.1 Å². The van der Waals surface area contributed by atoms with Crippen molar-refractivity contribution in [2.75, 3.05) is 10.6 Å². The van der Waals surface area contributed by atoms with Gasteiger partial charge < -0.3 is 15.4 Å². The summed E-state index contributed by atoms with van der Waals surface area (Å²) in [5, 5.41) is 9.26. The summed E-state index contributed by atoms with van der Waals surface area (Å²) in [7, 11) is 1.73. The third-order valence-electron chi connectivity index (χ3n) is 3.28. The van der Waals surface area contributed by atoms with E-state index < -0.39 is 17.4 Å². The molecule has 0 unspecified atom stereocenters. The Morgan fingerprint density at radius 1 is 1.43 bits per heavy atom. The number of fused-ring (bicyclic) bond motifs is 1. The van der Waals surface area contributed by atoms with Crippen LogP contribution in [0.15, 0.2) is 36.7 Å². The van der Waals surface area contributed by atoms with Crippen LogP contribution >= 0.6 is 0 Å². The van der Waals surface area contributed by atoms with Crippen LogP contribution in [-0.2, 0) is 16.6 Å². The molecular weight excluding hydrogens is 272 g/mol. The third kappa shape index (κ3) is 2.22. The fourth-order valence-corrected chi connectivity index (χ4v) is 2.05.